The minimum Gasteiger partial charge on any atom is -0.275 e. The Morgan fingerprint density at radius 3 is 2.83 bits per heavy atom. The fourth-order valence-corrected chi connectivity index (χ4v) is 2.59. The van der Waals surface area contributed by atoms with Crippen LogP contribution in [0.4, 0.5) is 0 Å². The Hall–Kier alpha value is -2.01. The third-order valence-corrected chi connectivity index (χ3v) is 3.67. The SMILES string of the molecule is C=C1c2ccccc2C=Cn2c1nnc2S(C)=O. The highest BCUT2D eigenvalue weighted by Crippen LogP contribution is 2.28. The molecule has 3 rings (SSSR count). The minimum atomic E-state index is -1.18. The molecule has 0 bridgehead atoms. The zero-order chi connectivity index (χ0) is 12.7. The quantitative estimate of drug-likeness (QED) is 0.670. The van der Waals surface area contributed by atoms with Crippen molar-refractivity contribution in [3.63, 3.8) is 0 Å². The topological polar surface area (TPSA) is 47.8 Å². The second-order valence-corrected chi connectivity index (χ2v) is 5.29. The first kappa shape index (κ1) is 11.1. The molecule has 18 heavy (non-hydrogen) atoms. The number of fused-ring (bicyclic) bond motifs is 2. The van der Waals surface area contributed by atoms with Gasteiger partial charge in [-0.2, -0.15) is 0 Å². The first-order chi connectivity index (χ1) is 8.68. The van der Waals surface area contributed by atoms with Crippen LogP contribution in [0.2, 0.25) is 0 Å². The molecule has 0 fully saturated rings. The lowest BCUT2D eigenvalue weighted by atomic mass is 10.0. The summed E-state index contributed by atoms with van der Waals surface area (Å²) in [5.74, 6) is 0.640. The van der Waals surface area contributed by atoms with Gasteiger partial charge in [-0.15, -0.1) is 10.2 Å². The second-order valence-electron chi connectivity index (χ2n) is 4.01. The third-order valence-electron chi connectivity index (χ3n) is 2.88. The molecule has 0 N–H and O–H groups in total. The zero-order valence-electron chi connectivity index (χ0n) is 9.83. The molecular weight excluding hydrogens is 246 g/mol. The highest BCUT2D eigenvalue weighted by atomic mass is 32.2. The highest BCUT2D eigenvalue weighted by Gasteiger charge is 2.19. The summed E-state index contributed by atoms with van der Waals surface area (Å²) in [6, 6.07) is 7.94. The largest absolute Gasteiger partial charge is 0.275 e. The lowest BCUT2D eigenvalue weighted by Crippen LogP contribution is -2.01. The van der Waals surface area contributed by atoms with Crippen LogP contribution in [0.15, 0.2) is 36.0 Å². The summed E-state index contributed by atoms with van der Waals surface area (Å²) in [5.41, 5.74) is 2.88. The Morgan fingerprint density at radius 1 is 1.28 bits per heavy atom. The van der Waals surface area contributed by atoms with Gasteiger partial charge in [0.15, 0.2) is 5.82 Å². The van der Waals surface area contributed by atoms with E-state index in [-0.39, 0.29) is 0 Å². The molecule has 4 nitrogen and oxygen atoms in total. The van der Waals surface area contributed by atoms with Crippen molar-refractivity contribution in [2.24, 2.45) is 0 Å². The van der Waals surface area contributed by atoms with Crippen molar-refractivity contribution >= 4 is 28.6 Å². The summed E-state index contributed by atoms with van der Waals surface area (Å²) in [5, 5.41) is 8.49. The van der Waals surface area contributed by atoms with Crippen LogP contribution in [0.25, 0.3) is 17.8 Å². The average Bonchev–Trinajstić information content (AvgIpc) is 2.74. The van der Waals surface area contributed by atoms with E-state index in [4.69, 9.17) is 0 Å². The second kappa shape index (κ2) is 4.03. The fourth-order valence-electron chi connectivity index (χ4n) is 2.01. The molecule has 0 amide bonds. The molecule has 0 aliphatic carbocycles. The van der Waals surface area contributed by atoms with Gasteiger partial charge < -0.3 is 0 Å². The van der Waals surface area contributed by atoms with Crippen LogP contribution in [0.5, 0.6) is 0 Å². The Kier molecular flexibility index (Phi) is 2.48. The van der Waals surface area contributed by atoms with Crippen LogP contribution in [-0.2, 0) is 10.8 Å². The number of hydrogen-bond donors (Lipinski definition) is 0. The summed E-state index contributed by atoms with van der Waals surface area (Å²) in [4.78, 5) is 0. The Morgan fingerprint density at radius 2 is 2.06 bits per heavy atom. The highest BCUT2D eigenvalue weighted by molar-refractivity contribution is 7.84. The molecular formula is C13H11N3OS. The molecule has 0 radical (unpaired) electrons. The first-order valence-corrected chi connectivity index (χ1v) is 6.99. The van der Waals surface area contributed by atoms with E-state index in [1.54, 1.807) is 10.8 Å². The van der Waals surface area contributed by atoms with Crippen LogP contribution in [0.3, 0.4) is 0 Å². The predicted octanol–water partition coefficient (Wildman–Crippen LogP) is 2.02. The van der Waals surface area contributed by atoms with Crippen molar-refractivity contribution in [1.82, 2.24) is 14.8 Å². The van der Waals surface area contributed by atoms with Crippen LogP contribution in [-0.4, -0.2) is 25.2 Å². The van der Waals surface area contributed by atoms with Gasteiger partial charge in [0.1, 0.15) is 0 Å². The van der Waals surface area contributed by atoms with Crippen LogP contribution >= 0.6 is 0 Å². The summed E-state index contributed by atoms with van der Waals surface area (Å²) in [7, 11) is -1.18. The van der Waals surface area contributed by atoms with Gasteiger partial charge in [-0.3, -0.25) is 8.78 Å². The van der Waals surface area contributed by atoms with Gasteiger partial charge in [0.05, 0.1) is 10.8 Å². The van der Waals surface area contributed by atoms with E-state index in [1.165, 1.54) is 0 Å². The smallest absolute Gasteiger partial charge is 0.225 e. The van der Waals surface area contributed by atoms with Crippen LogP contribution in [0.1, 0.15) is 17.0 Å². The Balaban J connectivity index is 2.27. The molecule has 2 heterocycles. The van der Waals surface area contributed by atoms with E-state index in [1.807, 2.05) is 36.5 Å². The zero-order valence-corrected chi connectivity index (χ0v) is 10.6. The van der Waals surface area contributed by atoms with E-state index < -0.39 is 10.8 Å². The van der Waals surface area contributed by atoms with E-state index in [9.17, 15) is 4.21 Å². The molecule has 0 saturated carbocycles. The average molecular weight is 257 g/mol. The maximum absolute atomic E-state index is 11.6. The van der Waals surface area contributed by atoms with Gasteiger partial charge in [0, 0.05) is 18.0 Å². The number of hydrogen-bond acceptors (Lipinski definition) is 3. The number of benzene rings is 1. The molecule has 0 saturated heterocycles. The summed E-state index contributed by atoms with van der Waals surface area (Å²) in [6.45, 7) is 4.07. The lowest BCUT2D eigenvalue weighted by molar-refractivity contribution is 0.677. The van der Waals surface area contributed by atoms with Crippen molar-refractivity contribution in [2.45, 2.75) is 5.16 Å². The van der Waals surface area contributed by atoms with Crippen molar-refractivity contribution in [1.29, 1.82) is 0 Å². The molecule has 1 atom stereocenters. The Bertz CT molecular complexity index is 700. The van der Waals surface area contributed by atoms with E-state index in [0.29, 0.717) is 11.0 Å². The Labute approximate surface area is 107 Å². The lowest BCUT2D eigenvalue weighted by Gasteiger charge is -2.05. The molecule has 0 spiro atoms. The van der Waals surface area contributed by atoms with Crippen LogP contribution in [0, 0.1) is 0 Å². The maximum Gasteiger partial charge on any atom is 0.225 e. The summed E-state index contributed by atoms with van der Waals surface area (Å²) < 4.78 is 13.3. The number of aromatic nitrogens is 3. The van der Waals surface area contributed by atoms with Crippen LogP contribution < -0.4 is 0 Å². The molecule has 2 aromatic rings. The van der Waals surface area contributed by atoms with Gasteiger partial charge in [-0.1, -0.05) is 30.8 Å². The number of nitrogens with zero attached hydrogens (tertiary/aromatic N) is 3. The number of rotatable bonds is 1. The molecule has 1 aliphatic rings. The van der Waals surface area contributed by atoms with Gasteiger partial charge in [-0.05, 0) is 17.2 Å². The molecule has 1 aromatic heterocycles. The van der Waals surface area contributed by atoms with E-state index >= 15 is 0 Å². The summed E-state index contributed by atoms with van der Waals surface area (Å²) in [6.07, 6.45) is 5.38. The maximum atomic E-state index is 11.6. The predicted molar refractivity (Wildman–Crippen MR) is 72.2 cm³/mol. The molecule has 1 aliphatic heterocycles. The van der Waals surface area contributed by atoms with Crippen molar-refractivity contribution in [3.8, 4) is 0 Å². The fraction of sp³-hybridized carbons (Fsp3) is 0.0769. The van der Waals surface area contributed by atoms with E-state index in [2.05, 4.69) is 16.8 Å². The molecule has 90 valence electrons. The molecule has 1 aromatic carbocycles. The van der Waals surface area contributed by atoms with Crippen molar-refractivity contribution in [3.05, 3.63) is 47.8 Å². The standard InChI is InChI=1S/C13H11N3OS/c1-9-11-6-4-3-5-10(11)7-8-16-12(9)14-15-13(16)18(2)17/h3-8H,1H2,2H3. The molecule has 5 heteroatoms. The third kappa shape index (κ3) is 1.55. The van der Waals surface area contributed by atoms with E-state index in [0.717, 1.165) is 16.7 Å². The normalized spacial score (nSPS) is 14.8. The van der Waals surface area contributed by atoms with Gasteiger partial charge in [0.25, 0.3) is 0 Å². The minimum absolute atomic E-state index is 0.440. The summed E-state index contributed by atoms with van der Waals surface area (Å²) >= 11 is 0. The van der Waals surface area contributed by atoms with Gasteiger partial charge in [0.2, 0.25) is 5.16 Å². The van der Waals surface area contributed by atoms with Gasteiger partial charge >= 0.3 is 0 Å². The van der Waals surface area contributed by atoms with Gasteiger partial charge in [-0.25, -0.2) is 0 Å². The first-order valence-electron chi connectivity index (χ1n) is 5.43. The monoisotopic (exact) mass is 257 g/mol. The van der Waals surface area contributed by atoms with Crippen molar-refractivity contribution < 1.29 is 4.21 Å². The van der Waals surface area contributed by atoms with Crippen molar-refractivity contribution in [2.75, 3.05) is 6.26 Å². The molecule has 1 unspecified atom stereocenters.